The van der Waals surface area contributed by atoms with E-state index >= 15 is 0 Å². The standard InChI is InChI=1S/C27H34N2O5/c1-5-17(4)24(25(30)28-23(26(31)32)14-16(2)3)29-27(33)34-15-22-20-12-8-6-10-18(20)19-11-7-9-13-21(19)22/h6-13,16-17,22-24H,5,14-15H2,1-4H3,(H,28,30)(H,29,33)(H,31,32)/t17?,23-,24?/m0/s1. The van der Waals surface area contributed by atoms with Gasteiger partial charge in [0.15, 0.2) is 0 Å². The lowest BCUT2D eigenvalue weighted by atomic mass is 9.97. The summed E-state index contributed by atoms with van der Waals surface area (Å²) in [5.41, 5.74) is 4.47. The minimum Gasteiger partial charge on any atom is -0.480 e. The number of carbonyl (C=O) groups is 3. The van der Waals surface area contributed by atoms with Crippen molar-refractivity contribution < 1.29 is 24.2 Å². The highest BCUT2D eigenvalue weighted by Crippen LogP contribution is 2.44. The number of amides is 2. The molecule has 3 atom stereocenters. The van der Waals surface area contributed by atoms with Crippen molar-refractivity contribution in [2.45, 2.75) is 58.5 Å². The number of nitrogens with one attached hydrogen (secondary N) is 2. The van der Waals surface area contributed by atoms with E-state index < -0.39 is 30.1 Å². The van der Waals surface area contributed by atoms with E-state index in [1.807, 2.05) is 64.1 Å². The fourth-order valence-corrected chi connectivity index (χ4v) is 4.42. The molecule has 3 N–H and O–H groups in total. The molecule has 1 aliphatic carbocycles. The van der Waals surface area contributed by atoms with Gasteiger partial charge in [-0.25, -0.2) is 9.59 Å². The Balaban J connectivity index is 1.68. The van der Waals surface area contributed by atoms with Crippen LogP contribution in [0.5, 0.6) is 0 Å². The minimum absolute atomic E-state index is 0.0866. The summed E-state index contributed by atoms with van der Waals surface area (Å²) in [4.78, 5) is 37.2. The molecule has 0 aromatic heterocycles. The third-order valence-electron chi connectivity index (χ3n) is 6.43. The van der Waals surface area contributed by atoms with Gasteiger partial charge in [0, 0.05) is 5.92 Å². The number of hydrogen-bond acceptors (Lipinski definition) is 4. The smallest absolute Gasteiger partial charge is 0.407 e. The van der Waals surface area contributed by atoms with Gasteiger partial charge < -0.3 is 20.5 Å². The number of carboxylic acid groups (broad SMARTS) is 1. The normalized spacial score (nSPS) is 15.1. The van der Waals surface area contributed by atoms with E-state index in [-0.39, 0.29) is 24.4 Å². The van der Waals surface area contributed by atoms with Gasteiger partial charge in [-0.3, -0.25) is 4.79 Å². The van der Waals surface area contributed by atoms with Gasteiger partial charge in [-0.15, -0.1) is 0 Å². The predicted molar refractivity (Wildman–Crippen MR) is 130 cm³/mol. The first kappa shape index (κ1) is 25.3. The Kier molecular flexibility index (Phi) is 8.31. The van der Waals surface area contributed by atoms with Gasteiger partial charge in [0.2, 0.25) is 5.91 Å². The average molecular weight is 467 g/mol. The Bertz CT molecular complexity index is 990. The van der Waals surface area contributed by atoms with Crippen molar-refractivity contribution in [2.24, 2.45) is 11.8 Å². The summed E-state index contributed by atoms with van der Waals surface area (Å²) in [5, 5.41) is 14.7. The molecule has 2 aromatic rings. The number of fused-ring (bicyclic) bond motifs is 3. The minimum atomic E-state index is -1.09. The first-order chi connectivity index (χ1) is 16.2. The molecule has 3 rings (SSSR count). The Hall–Kier alpha value is -3.35. The highest BCUT2D eigenvalue weighted by atomic mass is 16.5. The van der Waals surface area contributed by atoms with Crippen LogP contribution in [0.2, 0.25) is 0 Å². The third-order valence-corrected chi connectivity index (χ3v) is 6.43. The van der Waals surface area contributed by atoms with Crippen LogP contribution in [0.4, 0.5) is 4.79 Å². The van der Waals surface area contributed by atoms with Crippen LogP contribution in [0.25, 0.3) is 11.1 Å². The molecule has 0 radical (unpaired) electrons. The summed E-state index contributed by atoms with van der Waals surface area (Å²) in [6.07, 6.45) is 0.237. The molecule has 0 spiro atoms. The zero-order valence-electron chi connectivity index (χ0n) is 20.2. The lowest BCUT2D eigenvalue weighted by molar-refractivity contribution is -0.142. The number of carbonyl (C=O) groups excluding carboxylic acids is 2. The fourth-order valence-electron chi connectivity index (χ4n) is 4.42. The predicted octanol–water partition coefficient (Wildman–Crippen LogP) is 4.56. The molecule has 2 aromatic carbocycles. The van der Waals surface area contributed by atoms with Gasteiger partial charge in [0.25, 0.3) is 0 Å². The maximum Gasteiger partial charge on any atom is 0.407 e. The molecule has 0 fully saturated rings. The van der Waals surface area contributed by atoms with Gasteiger partial charge in [-0.2, -0.15) is 0 Å². The number of carboxylic acids is 1. The van der Waals surface area contributed by atoms with Gasteiger partial charge >= 0.3 is 12.1 Å². The Labute approximate surface area is 200 Å². The fraction of sp³-hybridized carbons (Fsp3) is 0.444. The Morgan fingerprint density at radius 3 is 2.00 bits per heavy atom. The van der Waals surface area contributed by atoms with Crippen LogP contribution < -0.4 is 10.6 Å². The first-order valence-corrected chi connectivity index (χ1v) is 11.9. The highest BCUT2D eigenvalue weighted by molar-refractivity contribution is 5.89. The van der Waals surface area contributed by atoms with Gasteiger partial charge in [-0.1, -0.05) is 82.6 Å². The lowest BCUT2D eigenvalue weighted by Crippen LogP contribution is -2.54. The molecule has 2 unspecified atom stereocenters. The van der Waals surface area contributed by atoms with Crippen LogP contribution in [0.15, 0.2) is 48.5 Å². The van der Waals surface area contributed by atoms with Gasteiger partial charge in [0.1, 0.15) is 18.7 Å². The second-order valence-electron chi connectivity index (χ2n) is 9.36. The van der Waals surface area contributed by atoms with E-state index in [4.69, 9.17) is 4.74 Å². The summed E-state index contributed by atoms with van der Waals surface area (Å²) in [6.45, 7) is 7.67. The topological polar surface area (TPSA) is 105 Å². The van der Waals surface area contributed by atoms with Gasteiger partial charge in [0.05, 0.1) is 0 Å². The molecule has 7 heteroatoms. The van der Waals surface area contributed by atoms with Crippen molar-refractivity contribution in [2.75, 3.05) is 6.61 Å². The van der Waals surface area contributed by atoms with E-state index in [1.54, 1.807) is 0 Å². The van der Waals surface area contributed by atoms with Crippen molar-refractivity contribution in [3.8, 4) is 11.1 Å². The third kappa shape index (κ3) is 5.76. The van der Waals surface area contributed by atoms with E-state index in [2.05, 4.69) is 22.8 Å². The van der Waals surface area contributed by atoms with E-state index in [9.17, 15) is 19.5 Å². The van der Waals surface area contributed by atoms with Crippen molar-refractivity contribution in [1.29, 1.82) is 0 Å². The molecule has 0 bridgehead atoms. The number of alkyl carbamates (subject to hydrolysis) is 1. The zero-order chi connectivity index (χ0) is 24.8. The molecule has 0 saturated carbocycles. The number of rotatable bonds is 10. The van der Waals surface area contributed by atoms with Crippen LogP contribution in [0.1, 0.15) is 57.6 Å². The monoisotopic (exact) mass is 466 g/mol. The first-order valence-electron chi connectivity index (χ1n) is 11.9. The van der Waals surface area contributed by atoms with Crippen molar-refractivity contribution >= 4 is 18.0 Å². The van der Waals surface area contributed by atoms with E-state index in [1.165, 1.54) is 0 Å². The molecular formula is C27H34N2O5. The molecule has 0 aliphatic heterocycles. The van der Waals surface area contributed by atoms with Crippen LogP contribution in [0, 0.1) is 11.8 Å². The maximum absolute atomic E-state index is 12.9. The number of benzene rings is 2. The molecule has 2 amide bonds. The largest absolute Gasteiger partial charge is 0.480 e. The molecule has 182 valence electrons. The average Bonchev–Trinajstić information content (AvgIpc) is 3.13. The highest BCUT2D eigenvalue weighted by Gasteiger charge is 2.32. The Morgan fingerprint density at radius 2 is 1.50 bits per heavy atom. The number of hydrogen-bond donors (Lipinski definition) is 3. The second kappa shape index (κ2) is 11.2. The quantitative estimate of drug-likeness (QED) is 0.476. The molecule has 34 heavy (non-hydrogen) atoms. The summed E-state index contributed by atoms with van der Waals surface area (Å²) in [5.74, 6) is -1.80. The zero-order valence-corrected chi connectivity index (χ0v) is 20.2. The van der Waals surface area contributed by atoms with Crippen molar-refractivity contribution in [1.82, 2.24) is 10.6 Å². The van der Waals surface area contributed by atoms with Crippen LogP contribution in [-0.4, -0.2) is 41.8 Å². The summed E-state index contributed by atoms with van der Waals surface area (Å²) >= 11 is 0. The number of ether oxygens (including phenoxy) is 1. The maximum atomic E-state index is 12.9. The molecule has 1 aliphatic rings. The summed E-state index contributed by atoms with van der Waals surface area (Å²) < 4.78 is 5.59. The SMILES string of the molecule is CCC(C)C(NC(=O)OCC1c2ccccc2-c2ccccc21)C(=O)N[C@@H](CC(C)C)C(=O)O. The molecule has 0 heterocycles. The number of aliphatic carboxylic acids is 1. The van der Waals surface area contributed by atoms with Gasteiger partial charge in [-0.05, 0) is 40.5 Å². The molecule has 0 saturated heterocycles. The Morgan fingerprint density at radius 1 is 0.941 bits per heavy atom. The lowest BCUT2D eigenvalue weighted by Gasteiger charge is -2.26. The molecule has 7 nitrogen and oxygen atoms in total. The van der Waals surface area contributed by atoms with E-state index in [0.29, 0.717) is 12.8 Å². The van der Waals surface area contributed by atoms with Crippen LogP contribution in [-0.2, 0) is 14.3 Å². The van der Waals surface area contributed by atoms with E-state index in [0.717, 1.165) is 22.3 Å². The summed E-state index contributed by atoms with van der Waals surface area (Å²) in [7, 11) is 0. The second-order valence-corrected chi connectivity index (χ2v) is 9.36. The van der Waals surface area contributed by atoms with Crippen molar-refractivity contribution in [3.63, 3.8) is 0 Å². The van der Waals surface area contributed by atoms with Crippen molar-refractivity contribution in [3.05, 3.63) is 59.7 Å². The van der Waals surface area contributed by atoms with Crippen LogP contribution in [0.3, 0.4) is 0 Å². The summed E-state index contributed by atoms with van der Waals surface area (Å²) in [6, 6.07) is 14.2. The molecular weight excluding hydrogens is 432 g/mol. The van der Waals surface area contributed by atoms with Crippen LogP contribution >= 0.6 is 0 Å².